The van der Waals surface area contributed by atoms with Gasteiger partial charge in [-0.25, -0.2) is 0 Å². The smallest absolute Gasteiger partial charge is 0.0740 e. The Kier molecular flexibility index (Phi) is 4.33. The fourth-order valence-electron chi connectivity index (χ4n) is 2.44. The molecule has 0 aliphatic heterocycles. The van der Waals surface area contributed by atoms with Gasteiger partial charge in [0.25, 0.3) is 0 Å². The molecule has 2 rings (SSSR count). The first-order chi connectivity index (χ1) is 8.46. The van der Waals surface area contributed by atoms with Gasteiger partial charge in [0.15, 0.2) is 0 Å². The second-order valence-corrected chi connectivity index (χ2v) is 6.93. The molecule has 100 valence electrons. The number of halogens is 1. The van der Waals surface area contributed by atoms with Gasteiger partial charge in [-0.1, -0.05) is 35.8 Å². The number of rotatable bonds is 3. The van der Waals surface area contributed by atoms with Crippen LogP contribution in [0.2, 0.25) is 0 Å². The first-order valence-corrected chi connectivity index (χ1v) is 7.41. The Morgan fingerprint density at radius 1 is 1.33 bits per heavy atom. The molecular weight excluding hydrogens is 290 g/mol. The molecule has 3 heteroatoms. The second-order valence-electron chi connectivity index (χ2n) is 6.02. The Hall–Kier alpha value is -0.540. The molecule has 0 radical (unpaired) electrons. The number of nitrogen functional groups attached to an aromatic ring is 1. The van der Waals surface area contributed by atoms with Gasteiger partial charge < -0.3 is 10.5 Å². The average molecular weight is 312 g/mol. The molecule has 1 saturated carbocycles. The van der Waals surface area contributed by atoms with E-state index in [2.05, 4.69) is 29.8 Å². The molecule has 0 saturated heterocycles. The molecule has 18 heavy (non-hydrogen) atoms. The van der Waals surface area contributed by atoms with Crippen LogP contribution in [0.3, 0.4) is 0 Å². The predicted octanol–water partition coefficient (Wildman–Crippen LogP) is 4.52. The molecule has 1 aliphatic carbocycles. The second kappa shape index (κ2) is 5.62. The Labute approximate surface area is 118 Å². The highest BCUT2D eigenvalue weighted by Gasteiger charge is 2.27. The van der Waals surface area contributed by atoms with Crippen molar-refractivity contribution in [2.45, 2.75) is 52.2 Å². The van der Waals surface area contributed by atoms with E-state index < -0.39 is 0 Å². The third-order valence-corrected chi connectivity index (χ3v) is 4.36. The van der Waals surface area contributed by atoms with Crippen LogP contribution in [0.1, 0.15) is 45.1 Å². The Balaban J connectivity index is 1.85. The standard InChI is InChI=1S/C15H22BrNO/c1-15(2)7-5-13(6-8-15)18-10-11-3-4-12(16)9-14(11)17/h3-4,9,13H,5-8,10,17H2,1-2H3. The van der Waals surface area contributed by atoms with E-state index >= 15 is 0 Å². The normalized spacial score (nSPS) is 19.9. The van der Waals surface area contributed by atoms with E-state index in [0.29, 0.717) is 18.1 Å². The highest BCUT2D eigenvalue weighted by Crippen LogP contribution is 2.36. The summed E-state index contributed by atoms with van der Waals surface area (Å²) >= 11 is 3.42. The maximum atomic E-state index is 5.99. The third kappa shape index (κ3) is 3.72. The van der Waals surface area contributed by atoms with Gasteiger partial charge in [0.1, 0.15) is 0 Å². The third-order valence-electron chi connectivity index (χ3n) is 3.87. The lowest BCUT2D eigenvalue weighted by atomic mass is 9.76. The van der Waals surface area contributed by atoms with E-state index in [4.69, 9.17) is 10.5 Å². The van der Waals surface area contributed by atoms with Gasteiger partial charge in [0.05, 0.1) is 12.7 Å². The number of hydrogen-bond donors (Lipinski definition) is 1. The summed E-state index contributed by atoms with van der Waals surface area (Å²) in [6.45, 7) is 5.32. The van der Waals surface area contributed by atoms with Crippen molar-refractivity contribution >= 4 is 21.6 Å². The van der Waals surface area contributed by atoms with Crippen molar-refractivity contribution in [2.24, 2.45) is 5.41 Å². The zero-order valence-corrected chi connectivity index (χ0v) is 12.8. The molecule has 0 aromatic heterocycles. The van der Waals surface area contributed by atoms with Gasteiger partial charge in [-0.15, -0.1) is 0 Å². The van der Waals surface area contributed by atoms with E-state index in [1.165, 1.54) is 25.7 Å². The molecule has 0 amide bonds. The summed E-state index contributed by atoms with van der Waals surface area (Å²) in [4.78, 5) is 0. The number of ether oxygens (including phenoxy) is 1. The maximum absolute atomic E-state index is 5.99. The average Bonchev–Trinajstić information content (AvgIpc) is 2.29. The van der Waals surface area contributed by atoms with Gasteiger partial charge in [-0.05, 0) is 43.2 Å². The molecular formula is C15H22BrNO. The summed E-state index contributed by atoms with van der Waals surface area (Å²) in [5.74, 6) is 0. The molecule has 1 aliphatic rings. The number of benzene rings is 1. The first-order valence-electron chi connectivity index (χ1n) is 6.62. The molecule has 0 unspecified atom stereocenters. The molecule has 1 aromatic carbocycles. The van der Waals surface area contributed by atoms with E-state index in [1.807, 2.05) is 18.2 Å². The summed E-state index contributed by atoms with van der Waals surface area (Å²) in [6, 6.07) is 5.98. The molecule has 2 nitrogen and oxygen atoms in total. The topological polar surface area (TPSA) is 35.2 Å². The number of anilines is 1. The summed E-state index contributed by atoms with van der Waals surface area (Å²) < 4.78 is 7.00. The van der Waals surface area contributed by atoms with Crippen LogP contribution in [0.5, 0.6) is 0 Å². The minimum atomic E-state index is 0.404. The monoisotopic (exact) mass is 311 g/mol. The van der Waals surface area contributed by atoms with Crippen LogP contribution in [0.15, 0.2) is 22.7 Å². The van der Waals surface area contributed by atoms with Crippen LogP contribution in [0.4, 0.5) is 5.69 Å². The Morgan fingerprint density at radius 3 is 2.61 bits per heavy atom. The molecule has 0 spiro atoms. The minimum absolute atomic E-state index is 0.404. The number of nitrogens with two attached hydrogens (primary N) is 1. The van der Waals surface area contributed by atoms with Gasteiger partial charge in [-0.2, -0.15) is 0 Å². The predicted molar refractivity (Wildman–Crippen MR) is 79.4 cm³/mol. The van der Waals surface area contributed by atoms with Gasteiger partial charge in [0.2, 0.25) is 0 Å². The lowest BCUT2D eigenvalue weighted by Crippen LogP contribution is -2.26. The zero-order valence-electron chi connectivity index (χ0n) is 11.2. The van der Waals surface area contributed by atoms with Crippen LogP contribution in [-0.2, 0) is 11.3 Å². The Morgan fingerprint density at radius 2 is 2.00 bits per heavy atom. The lowest BCUT2D eigenvalue weighted by molar-refractivity contribution is -0.00536. The summed E-state index contributed by atoms with van der Waals surface area (Å²) in [7, 11) is 0. The highest BCUT2D eigenvalue weighted by atomic mass is 79.9. The minimum Gasteiger partial charge on any atom is -0.398 e. The molecule has 0 heterocycles. The van der Waals surface area contributed by atoms with E-state index in [1.54, 1.807) is 0 Å². The number of hydrogen-bond acceptors (Lipinski definition) is 2. The Bertz CT molecular complexity index is 407. The molecule has 2 N–H and O–H groups in total. The lowest BCUT2D eigenvalue weighted by Gasteiger charge is -2.34. The van der Waals surface area contributed by atoms with Crippen LogP contribution in [0, 0.1) is 5.41 Å². The zero-order chi connectivity index (χ0) is 13.2. The highest BCUT2D eigenvalue weighted by molar-refractivity contribution is 9.10. The van der Waals surface area contributed by atoms with Gasteiger partial charge >= 0.3 is 0 Å². The summed E-state index contributed by atoms with van der Waals surface area (Å²) in [5, 5.41) is 0. The summed E-state index contributed by atoms with van der Waals surface area (Å²) in [6.07, 6.45) is 5.26. The fraction of sp³-hybridized carbons (Fsp3) is 0.600. The molecule has 0 bridgehead atoms. The largest absolute Gasteiger partial charge is 0.398 e. The van der Waals surface area contributed by atoms with Crippen molar-refractivity contribution in [1.82, 2.24) is 0 Å². The molecule has 1 fully saturated rings. The molecule has 0 atom stereocenters. The fourth-order valence-corrected chi connectivity index (χ4v) is 2.82. The maximum Gasteiger partial charge on any atom is 0.0740 e. The quantitative estimate of drug-likeness (QED) is 0.833. The first kappa shape index (κ1) is 13.9. The summed E-state index contributed by atoms with van der Waals surface area (Å²) in [5.41, 5.74) is 8.36. The van der Waals surface area contributed by atoms with Crippen LogP contribution in [-0.4, -0.2) is 6.10 Å². The van der Waals surface area contributed by atoms with E-state index in [0.717, 1.165) is 15.7 Å². The van der Waals surface area contributed by atoms with Crippen molar-refractivity contribution < 1.29 is 4.74 Å². The van der Waals surface area contributed by atoms with Gasteiger partial charge in [0, 0.05) is 15.7 Å². The van der Waals surface area contributed by atoms with Crippen LogP contribution < -0.4 is 5.73 Å². The van der Waals surface area contributed by atoms with Crippen LogP contribution in [0.25, 0.3) is 0 Å². The van der Waals surface area contributed by atoms with E-state index in [9.17, 15) is 0 Å². The van der Waals surface area contributed by atoms with Crippen molar-refractivity contribution in [3.05, 3.63) is 28.2 Å². The van der Waals surface area contributed by atoms with Crippen molar-refractivity contribution in [3.63, 3.8) is 0 Å². The molecule has 1 aromatic rings. The van der Waals surface area contributed by atoms with Gasteiger partial charge in [-0.3, -0.25) is 0 Å². The SMILES string of the molecule is CC1(C)CCC(OCc2ccc(Br)cc2N)CC1. The van der Waals surface area contributed by atoms with Crippen molar-refractivity contribution in [1.29, 1.82) is 0 Å². The van der Waals surface area contributed by atoms with Crippen LogP contribution >= 0.6 is 15.9 Å². The van der Waals surface area contributed by atoms with Crippen molar-refractivity contribution in [2.75, 3.05) is 5.73 Å². The van der Waals surface area contributed by atoms with E-state index in [-0.39, 0.29) is 0 Å². The van der Waals surface area contributed by atoms with Crippen molar-refractivity contribution in [3.8, 4) is 0 Å².